The SMILES string of the molecule is Cc1cccc(N(Cc2ccccc2)S(=O)(=O)c2cc(F)ccc2C)c1. The molecule has 0 saturated heterocycles. The molecule has 0 radical (unpaired) electrons. The topological polar surface area (TPSA) is 37.4 Å². The predicted molar refractivity (Wildman–Crippen MR) is 102 cm³/mol. The number of benzene rings is 3. The molecule has 0 atom stereocenters. The Morgan fingerprint density at radius 1 is 0.885 bits per heavy atom. The summed E-state index contributed by atoms with van der Waals surface area (Å²) >= 11 is 0. The van der Waals surface area contributed by atoms with Crippen LogP contribution in [0.4, 0.5) is 10.1 Å². The van der Waals surface area contributed by atoms with E-state index in [-0.39, 0.29) is 11.4 Å². The van der Waals surface area contributed by atoms with Gasteiger partial charge < -0.3 is 0 Å². The Hall–Kier alpha value is -2.66. The molecule has 0 unspecified atom stereocenters. The lowest BCUT2D eigenvalue weighted by molar-refractivity contribution is 0.584. The number of sulfonamides is 1. The van der Waals surface area contributed by atoms with Crippen LogP contribution in [0.5, 0.6) is 0 Å². The largest absolute Gasteiger partial charge is 0.264 e. The molecule has 0 fully saturated rings. The Bertz CT molecular complexity index is 1020. The molecule has 0 N–H and O–H groups in total. The lowest BCUT2D eigenvalue weighted by atomic mass is 10.2. The van der Waals surface area contributed by atoms with Crippen molar-refractivity contribution >= 4 is 15.7 Å². The van der Waals surface area contributed by atoms with Gasteiger partial charge in [-0.15, -0.1) is 0 Å². The summed E-state index contributed by atoms with van der Waals surface area (Å²) in [4.78, 5) is -0.0186. The van der Waals surface area contributed by atoms with E-state index in [0.29, 0.717) is 11.3 Å². The van der Waals surface area contributed by atoms with E-state index >= 15 is 0 Å². The molecule has 3 nitrogen and oxygen atoms in total. The fraction of sp³-hybridized carbons (Fsp3) is 0.143. The third kappa shape index (κ3) is 3.78. The van der Waals surface area contributed by atoms with Crippen molar-refractivity contribution in [3.05, 3.63) is 95.3 Å². The van der Waals surface area contributed by atoms with Crippen molar-refractivity contribution in [1.29, 1.82) is 0 Å². The molecule has 0 bridgehead atoms. The van der Waals surface area contributed by atoms with Gasteiger partial charge in [-0.1, -0.05) is 48.5 Å². The van der Waals surface area contributed by atoms with Crippen LogP contribution in [0.3, 0.4) is 0 Å². The zero-order valence-electron chi connectivity index (χ0n) is 14.7. The fourth-order valence-electron chi connectivity index (χ4n) is 2.82. The second-order valence-corrected chi connectivity index (χ2v) is 8.08. The van der Waals surface area contributed by atoms with E-state index in [4.69, 9.17) is 0 Å². The molecule has 0 saturated carbocycles. The van der Waals surface area contributed by atoms with Crippen LogP contribution in [0.15, 0.2) is 77.7 Å². The van der Waals surface area contributed by atoms with Gasteiger partial charge in [-0.2, -0.15) is 0 Å². The van der Waals surface area contributed by atoms with E-state index in [1.54, 1.807) is 13.0 Å². The summed E-state index contributed by atoms with van der Waals surface area (Å²) in [5.41, 5.74) is 2.87. The molecule has 0 aromatic heterocycles. The molecular formula is C21H20FNO2S. The molecule has 5 heteroatoms. The summed E-state index contributed by atoms with van der Waals surface area (Å²) in [5.74, 6) is -0.571. The lowest BCUT2D eigenvalue weighted by Gasteiger charge is -2.26. The first-order chi connectivity index (χ1) is 12.4. The maximum atomic E-state index is 13.8. The number of hydrogen-bond donors (Lipinski definition) is 0. The number of anilines is 1. The average Bonchev–Trinajstić information content (AvgIpc) is 2.62. The molecule has 0 heterocycles. The molecule has 3 aromatic carbocycles. The van der Waals surface area contributed by atoms with Crippen LogP contribution in [0.25, 0.3) is 0 Å². The van der Waals surface area contributed by atoms with Gasteiger partial charge in [0.25, 0.3) is 10.0 Å². The summed E-state index contributed by atoms with van der Waals surface area (Å²) < 4.78 is 41.8. The molecule has 26 heavy (non-hydrogen) atoms. The number of aryl methyl sites for hydroxylation is 2. The van der Waals surface area contributed by atoms with Gasteiger partial charge in [0.15, 0.2) is 0 Å². The minimum Gasteiger partial charge on any atom is -0.262 e. The van der Waals surface area contributed by atoms with Gasteiger partial charge in [0.2, 0.25) is 0 Å². The first-order valence-corrected chi connectivity index (χ1v) is 9.71. The van der Waals surface area contributed by atoms with E-state index in [9.17, 15) is 12.8 Å². The Balaban J connectivity index is 2.14. The van der Waals surface area contributed by atoms with Crippen molar-refractivity contribution in [1.82, 2.24) is 0 Å². The van der Waals surface area contributed by atoms with Crippen molar-refractivity contribution in [2.45, 2.75) is 25.3 Å². The Labute approximate surface area is 153 Å². The van der Waals surface area contributed by atoms with E-state index in [0.717, 1.165) is 17.2 Å². The maximum absolute atomic E-state index is 13.8. The summed E-state index contributed by atoms with van der Waals surface area (Å²) in [6, 6.07) is 20.5. The quantitative estimate of drug-likeness (QED) is 0.645. The molecule has 0 aliphatic heterocycles. The summed E-state index contributed by atoms with van der Waals surface area (Å²) in [6.45, 7) is 3.75. The standard InChI is InChI=1S/C21H20FNO2S/c1-16-7-6-10-20(13-16)23(15-18-8-4-3-5-9-18)26(24,25)21-14-19(22)12-11-17(21)2/h3-14H,15H2,1-2H3. The van der Waals surface area contributed by atoms with Crippen LogP contribution < -0.4 is 4.31 Å². The molecule has 0 aliphatic rings. The van der Waals surface area contributed by atoms with Crippen LogP contribution in [-0.4, -0.2) is 8.42 Å². The van der Waals surface area contributed by atoms with Gasteiger partial charge in [-0.3, -0.25) is 4.31 Å². The molecule has 3 aromatic rings. The van der Waals surface area contributed by atoms with Crippen LogP contribution >= 0.6 is 0 Å². The van der Waals surface area contributed by atoms with Crippen LogP contribution in [-0.2, 0) is 16.6 Å². The van der Waals surface area contributed by atoms with Gasteiger partial charge in [0.1, 0.15) is 5.82 Å². The zero-order chi connectivity index (χ0) is 18.7. The number of halogens is 1. The highest BCUT2D eigenvalue weighted by atomic mass is 32.2. The Morgan fingerprint density at radius 2 is 1.62 bits per heavy atom. The van der Waals surface area contributed by atoms with Gasteiger partial charge >= 0.3 is 0 Å². The molecule has 134 valence electrons. The third-order valence-corrected chi connectivity index (χ3v) is 6.09. The van der Waals surface area contributed by atoms with Gasteiger partial charge in [-0.05, 0) is 54.8 Å². The van der Waals surface area contributed by atoms with Gasteiger partial charge in [0.05, 0.1) is 17.1 Å². The normalized spacial score (nSPS) is 11.3. The van der Waals surface area contributed by atoms with Crippen molar-refractivity contribution in [3.8, 4) is 0 Å². The van der Waals surface area contributed by atoms with Crippen molar-refractivity contribution < 1.29 is 12.8 Å². The van der Waals surface area contributed by atoms with Gasteiger partial charge in [0, 0.05) is 0 Å². The van der Waals surface area contributed by atoms with Crippen LogP contribution in [0, 0.1) is 19.7 Å². The Morgan fingerprint density at radius 3 is 2.31 bits per heavy atom. The smallest absolute Gasteiger partial charge is 0.262 e. The predicted octanol–water partition coefficient (Wildman–Crippen LogP) is 4.84. The van der Waals surface area contributed by atoms with E-state index < -0.39 is 15.8 Å². The Kier molecular flexibility index (Phi) is 5.09. The molecule has 0 spiro atoms. The molecular weight excluding hydrogens is 349 g/mol. The zero-order valence-corrected chi connectivity index (χ0v) is 15.5. The highest BCUT2D eigenvalue weighted by molar-refractivity contribution is 7.92. The summed E-state index contributed by atoms with van der Waals surface area (Å²) in [7, 11) is -3.93. The first-order valence-electron chi connectivity index (χ1n) is 8.27. The highest BCUT2D eigenvalue weighted by Crippen LogP contribution is 2.28. The van der Waals surface area contributed by atoms with Crippen molar-refractivity contribution in [3.63, 3.8) is 0 Å². The monoisotopic (exact) mass is 369 g/mol. The molecule has 0 amide bonds. The first kappa shape index (κ1) is 18.1. The second-order valence-electron chi connectivity index (χ2n) is 6.25. The lowest BCUT2D eigenvalue weighted by Crippen LogP contribution is -2.31. The third-order valence-electron chi connectivity index (χ3n) is 4.18. The van der Waals surface area contributed by atoms with Gasteiger partial charge in [-0.25, -0.2) is 12.8 Å². The average molecular weight is 369 g/mol. The number of rotatable bonds is 5. The summed E-state index contributed by atoms with van der Waals surface area (Å²) in [6.07, 6.45) is 0. The van der Waals surface area contributed by atoms with Crippen LogP contribution in [0.2, 0.25) is 0 Å². The second kappa shape index (κ2) is 7.30. The minimum atomic E-state index is -3.93. The van der Waals surface area contributed by atoms with E-state index in [1.165, 1.54) is 16.4 Å². The highest BCUT2D eigenvalue weighted by Gasteiger charge is 2.27. The summed E-state index contributed by atoms with van der Waals surface area (Å²) in [5, 5.41) is 0. The molecule has 0 aliphatic carbocycles. The number of hydrogen-bond acceptors (Lipinski definition) is 2. The number of nitrogens with zero attached hydrogens (tertiary/aromatic N) is 1. The van der Waals surface area contributed by atoms with Crippen molar-refractivity contribution in [2.75, 3.05) is 4.31 Å². The fourth-order valence-corrected chi connectivity index (χ4v) is 4.50. The van der Waals surface area contributed by atoms with Crippen molar-refractivity contribution in [2.24, 2.45) is 0 Å². The van der Waals surface area contributed by atoms with Crippen LogP contribution in [0.1, 0.15) is 16.7 Å². The maximum Gasteiger partial charge on any atom is 0.264 e. The minimum absolute atomic E-state index is 0.0186. The van der Waals surface area contributed by atoms with E-state index in [1.807, 2.05) is 55.5 Å². The molecule has 3 rings (SSSR count). The van der Waals surface area contributed by atoms with E-state index in [2.05, 4.69) is 0 Å².